The Kier molecular flexibility index (Phi) is 4.16. The zero-order valence-electron chi connectivity index (χ0n) is 13.1. The van der Waals surface area contributed by atoms with Crippen molar-refractivity contribution in [3.05, 3.63) is 26.1 Å². The Morgan fingerprint density at radius 3 is 2.33 bits per heavy atom. The monoisotopic (exact) mass is 328 g/mol. The van der Waals surface area contributed by atoms with Gasteiger partial charge in [0.25, 0.3) is 5.56 Å². The molecule has 0 fully saturated rings. The molecule has 0 aliphatic heterocycles. The van der Waals surface area contributed by atoms with Crippen LogP contribution in [0.3, 0.4) is 0 Å². The number of fused-ring (bicyclic) bond motifs is 1. The highest BCUT2D eigenvalue weighted by Crippen LogP contribution is 2.18. The van der Waals surface area contributed by atoms with Crippen LogP contribution in [-0.2, 0) is 20.6 Å². The van der Waals surface area contributed by atoms with Crippen LogP contribution in [0.15, 0.2) is 9.59 Å². The van der Waals surface area contributed by atoms with Crippen LogP contribution in [0, 0.1) is 0 Å². The average Bonchev–Trinajstić information content (AvgIpc) is 2.70. The Morgan fingerprint density at radius 2 is 1.76 bits per heavy atom. The molecule has 0 radical (unpaired) electrons. The lowest BCUT2D eigenvalue weighted by molar-refractivity contribution is 0.673. The zero-order valence-corrected chi connectivity index (χ0v) is 14.9. The second kappa shape index (κ2) is 5.45. The molecule has 0 N–H and O–H groups in total. The molecule has 0 aliphatic carbocycles. The largest absolute Gasteiger partial charge is 0.332 e. The molecule has 0 atom stereocenters. The maximum atomic E-state index is 12.3. The fraction of sp³-hybridized carbons (Fsp3) is 0.615. The predicted octanol–water partition coefficient (Wildman–Crippen LogP) is 1.82. The van der Waals surface area contributed by atoms with E-state index in [0.717, 1.165) is 17.0 Å². The van der Waals surface area contributed by atoms with E-state index in [1.807, 2.05) is 0 Å². The molecule has 2 aromatic heterocycles. The molecule has 21 heavy (non-hydrogen) atoms. The van der Waals surface area contributed by atoms with Crippen LogP contribution in [0.2, 0.25) is 31.0 Å². The maximum absolute atomic E-state index is 12.3. The second-order valence-corrected chi connectivity index (χ2v) is 12.5. The van der Waals surface area contributed by atoms with E-state index >= 15 is 0 Å². The number of hydrogen-bond acceptors (Lipinski definition) is 3. The van der Waals surface area contributed by atoms with Gasteiger partial charge in [-0.15, -0.1) is 0 Å². The number of aromatic nitrogens is 4. The van der Waals surface area contributed by atoms with E-state index in [-0.39, 0.29) is 10.8 Å². The van der Waals surface area contributed by atoms with Gasteiger partial charge in [0.2, 0.25) is 5.28 Å². The van der Waals surface area contributed by atoms with Gasteiger partial charge in [-0.2, -0.15) is 4.98 Å². The Balaban J connectivity index is 2.53. The molecule has 116 valence electrons. The van der Waals surface area contributed by atoms with Crippen LogP contribution >= 0.6 is 11.6 Å². The van der Waals surface area contributed by atoms with Crippen molar-refractivity contribution in [3.63, 3.8) is 0 Å². The van der Waals surface area contributed by atoms with Crippen LogP contribution < -0.4 is 11.2 Å². The summed E-state index contributed by atoms with van der Waals surface area (Å²) < 4.78 is 4.17. The third kappa shape index (κ3) is 2.98. The molecule has 0 saturated carbocycles. The van der Waals surface area contributed by atoms with Crippen molar-refractivity contribution in [2.75, 3.05) is 0 Å². The number of halogens is 1. The number of imidazole rings is 1. The van der Waals surface area contributed by atoms with Crippen LogP contribution in [-0.4, -0.2) is 26.8 Å². The number of nitrogens with zero attached hydrogens (tertiary/aromatic N) is 4. The summed E-state index contributed by atoms with van der Waals surface area (Å²) in [5, 5.41) is 0.263. The van der Waals surface area contributed by atoms with Gasteiger partial charge in [-0.05, 0) is 18.0 Å². The van der Waals surface area contributed by atoms with Crippen molar-refractivity contribution < 1.29 is 0 Å². The first-order chi connectivity index (χ1) is 9.63. The first-order valence-corrected chi connectivity index (χ1v) is 11.0. The van der Waals surface area contributed by atoms with E-state index < -0.39 is 13.8 Å². The molecule has 0 unspecified atom stereocenters. The van der Waals surface area contributed by atoms with Crippen molar-refractivity contribution in [1.29, 1.82) is 0 Å². The van der Waals surface area contributed by atoms with Gasteiger partial charge in [0, 0.05) is 28.7 Å². The molecular formula is C13H21ClN4O2Si. The molecule has 0 aliphatic rings. The fourth-order valence-corrected chi connectivity index (χ4v) is 3.86. The van der Waals surface area contributed by atoms with Crippen LogP contribution in [0.4, 0.5) is 0 Å². The molecule has 2 aromatic rings. The van der Waals surface area contributed by atoms with Crippen LogP contribution in [0.1, 0.15) is 6.42 Å². The summed E-state index contributed by atoms with van der Waals surface area (Å²) in [7, 11) is 1.93. The third-order valence-electron chi connectivity index (χ3n) is 3.61. The highest BCUT2D eigenvalue weighted by Gasteiger charge is 2.19. The van der Waals surface area contributed by atoms with E-state index in [1.165, 1.54) is 11.6 Å². The lowest BCUT2D eigenvalue weighted by Crippen LogP contribution is -2.37. The summed E-state index contributed by atoms with van der Waals surface area (Å²) in [6.45, 7) is 7.57. The molecule has 0 saturated heterocycles. The smallest absolute Gasteiger partial charge is 0.309 e. The highest BCUT2D eigenvalue weighted by molar-refractivity contribution is 6.76. The van der Waals surface area contributed by atoms with E-state index in [1.54, 1.807) is 11.6 Å². The molecule has 0 amide bonds. The summed E-state index contributed by atoms with van der Waals surface area (Å²) in [5.41, 5.74) is 0.0118. The summed E-state index contributed by atoms with van der Waals surface area (Å²) in [6, 6.07) is 1.15. The minimum absolute atomic E-state index is 0.263. The SMILES string of the molecule is Cn1c(=O)c2c(nc(Cl)n2CCC[Si](C)(C)C)n(C)c1=O. The van der Waals surface area contributed by atoms with E-state index in [0.29, 0.717) is 17.7 Å². The van der Waals surface area contributed by atoms with Gasteiger partial charge in [0.15, 0.2) is 11.2 Å². The van der Waals surface area contributed by atoms with Crippen LogP contribution in [0.5, 0.6) is 0 Å². The summed E-state index contributed by atoms with van der Waals surface area (Å²) in [5.74, 6) is 0. The molecule has 0 spiro atoms. The Hall–Kier alpha value is -1.34. The van der Waals surface area contributed by atoms with E-state index in [2.05, 4.69) is 24.6 Å². The second-order valence-electron chi connectivity index (χ2n) is 6.57. The normalized spacial score (nSPS) is 12.3. The molecule has 2 rings (SSSR count). The summed E-state index contributed by atoms with van der Waals surface area (Å²) in [4.78, 5) is 28.4. The van der Waals surface area contributed by atoms with Gasteiger partial charge in [-0.1, -0.05) is 25.7 Å². The van der Waals surface area contributed by atoms with Crippen molar-refractivity contribution in [1.82, 2.24) is 18.7 Å². The fourth-order valence-electron chi connectivity index (χ4n) is 2.39. The Bertz CT molecular complexity index is 798. The van der Waals surface area contributed by atoms with Gasteiger partial charge < -0.3 is 4.57 Å². The lowest BCUT2D eigenvalue weighted by atomic mass is 10.4. The highest BCUT2D eigenvalue weighted by atomic mass is 35.5. The lowest BCUT2D eigenvalue weighted by Gasteiger charge is -2.15. The van der Waals surface area contributed by atoms with Gasteiger partial charge >= 0.3 is 5.69 Å². The number of aryl methyl sites for hydroxylation is 2. The zero-order chi connectivity index (χ0) is 15.9. The Morgan fingerprint density at radius 1 is 1.14 bits per heavy atom. The maximum Gasteiger partial charge on any atom is 0.332 e. The molecule has 6 nitrogen and oxygen atoms in total. The van der Waals surface area contributed by atoms with Gasteiger partial charge in [0.1, 0.15) is 0 Å². The van der Waals surface area contributed by atoms with Crippen molar-refractivity contribution in [2.24, 2.45) is 14.1 Å². The molecule has 0 bridgehead atoms. The number of hydrogen-bond donors (Lipinski definition) is 0. The standard InChI is InChI=1S/C13H21ClN4O2Si/c1-16-10-9(11(19)17(2)13(16)20)18(12(14)15-10)7-6-8-21(3,4)5/h6-8H2,1-5H3. The average molecular weight is 329 g/mol. The quantitative estimate of drug-likeness (QED) is 0.635. The van der Waals surface area contributed by atoms with Crippen molar-refractivity contribution in [3.8, 4) is 0 Å². The molecule has 0 aromatic carbocycles. The van der Waals surface area contributed by atoms with Crippen molar-refractivity contribution in [2.45, 2.75) is 38.7 Å². The topological polar surface area (TPSA) is 61.8 Å². The van der Waals surface area contributed by atoms with E-state index in [4.69, 9.17) is 11.6 Å². The van der Waals surface area contributed by atoms with Gasteiger partial charge in [-0.25, -0.2) is 4.79 Å². The molecule has 8 heteroatoms. The van der Waals surface area contributed by atoms with Crippen LogP contribution in [0.25, 0.3) is 11.2 Å². The first-order valence-electron chi connectivity index (χ1n) is 6.95. The number of rotatable bonds is 4. The van der Waals surface area contributed by atoms with E-state index in [9.17, 15) is 9.59 Å². The van der Waals surface area contributed by atoms with Crippen molar-refractivity contribution >= 4 is 30.8 Å². The predicted molar refractivity (Wildman–Crippen MR) is 88.0 cm³/mol. The molecular weight excluding hydrogens is 308 g/mol. The summed E-state index contributed by atoms with van der Waals surface area (Å²) in [6.07, 6.45) is 0.951. The third-order valence-corrected chi connectivity index (χ3v) is 5.75. The van der Waals surface area contributed by atoms with Gasteiger partial charge in [0.05, 0.1) is 0 Å². The summed E-state index contributed by atoms with van der Waals surface area (Å²) >= 11 is 6.17. The minimum Gasteiger partial charge on any atom is -0.309 e. The minimum atomic E-state index is -1.14. The molecule has 2 heterocycles. The Labute approximate surface area is 129 Å². The first kappa shape index (κ1) is 16.0. The van der Waals surface area contributed by atoms with Gasteiger partial charge in [-0.3, -0.25) is 13.9 Å².